The lowest BCUT2D eigenvalue weighted by atomic mass is 10.2. The molecule has 0 radical (unpaired) electrons. The van der Waals surface area contributed by atoms with Crippen LogP contribution < -0.4 is 14.8 Å². The van der Waals surface area contributed by atoms with Crippen LogP contribution in [-0.4, -0.2) is 19.3 Å². The van der Waals surface area contributed by atoms with Gasteiger partial charge >= 0.3 is 0 Å². The zero-order valence-electron chi connectivity index (χ0n) is 13.2. The molecule has 1 fully saturated rings. The van der Waals surface area contributed by atoms with E-state index in [0.29, 0.717) is 12.6 Å². The SMILES string of the molecule is CCOc1cc(CNC(C)C)cc(Br)c1OCCC1CC1. The Morgan fingerprint density at radius 3 is 2.67 bits per heavy atom. The Morgan fingerprint density at radius 1 is 1.29 bits per heavy atom. The molecule has 0 unspecified atom stereocenters. The predicted molar refractivity (Wildman–Crippen MR) is 90.1 cm³/mol. The van der Waals surface area contributed by atoms with Gasteiger partial charge in [-0.2, -0.15) is 0 Å². The molecule has 1 aromatic carbocycles. The molecule has 1 saturated carbocycles. The highest BCUT2D eigenvalue weighted by Gasteiger charge is 2.21. The first-order valence-electron chi connectivity index (χ1n) is 7.91. The molecule has 0 heterocycles. The molecular formula is C17H26BrNO2. The van der Waals surface area contributed by atoms with Gasteiger partial charge in [-0.05, 0) is 52.9 Å². The van der Waals surface area contributed by atoms with Gasteiger partial charge in [-0.25, -0.2) is 0 Å². The van der Waals surface area contributed by atoms with Crippen LogP contribution in [0.25, 0.3) is 0 Å². The lowest BCUT2D eigenvalue weighted by Gasteiger charge is -2.16. The standard InChI is InChI=1S/C17H26BrNO2/c1-4-20-16-10-14(11-19-12(2)3)9-15(18)17(16)21-8-7-13-5-6-13/h9-10,12-13,19H,4-8,11H2,1-3H3. The maximum atomic E-state index is 5.96. The zero-order valence-corrected chi connectivity index (χ0v) is 14.8. The summed E-state index contributed by atoms with van der Waals surface area (Å²) in [5.74, 6) is 2.56. The molecule has 2 rings (SSSR count). The summed E-state index contributed by atoms with van der Waals surface area (Å²) in [6.45, 7) is 8.54. The van der Waals surface area contributed by atoms with Gasteiger partial charge in [0.15, 0.2) is 11.5 Å². The third-order valence-electron chi connectivity index (χ3n) is 3.55. The number of nitrogens with one attached hydrogen (secondary N) is 1. The topological polar surface area (TPSA) is 30.5 Å². The van der Waals surface area contributed by atoms with Crippen LogP contribution in [0.5, 0.6) is 11.5 Å². The van der Waals surface area contributed by atoms with E-state index in [9.17, 15) is 0 Å². The third-order valence-corrected chi connectivity index (χ3v) is 4.14. The van der Waals surface area contributed by atoms with Crippen LogP contribution in [0.3, 0.4) is 0 Å². The highest BCUT2D eigenvalue weighted by atomic mass is 79.9. The van der Waals surface area contributed by atoms with Crippen LogP contribution in [0.4, 0.5) is 0 Å². The molecule has 1 aromatic rings. The minimum atomic E-state index is 0.466. The normalized spacial score (nSPS) is 14.5. The van der Waals surface area contributed by atoms with Crippen LogP contribution in [0.2, 0.25) is 0 Å². The van der Waals surface area contributed by atoms with Crippen LogP contribution in [-0.2, 0) is 6.54 Å². The highest BCUT2D eigenvalue weighted by Crippen LogP contribution is 2.38. The molecule has 1 N–H and O–H groups in total. The molecule has 21 heavy (non-hydrogen) atoms. The average Bonchev–Trinajstić information content (AvgIpc) is 3.24. The molecule has 0 aromatic heterocycles. The van der Waals surface area contributed by atoms with Crippen LogP contribution in [0.1, 0.15) is 45.6 Å². The maximum Gasteiger partial charge on any atom is 0.175 e. The molecule has 0 bridgehead atoms. The van der Waals surface area contributed by atoms with Crippen molar-refractivity contribution in [3.8, 4) is 11.5 Å². The molecule has 1 aliphatic carbocycles. The fourth-order valence-corrected chi connectivity index (χ4v) is 2.79. The maximum absolute atomic E-state index is 5.96. The number of halogens is 1. The quantitative estimate of drug-likeness (QED) is 0.705. The Hall–Kier alpha value is -0.740. The summed E-state index contributed by atoms with van der Waals surface area (Å²) in [7, 11) is 0. The fraction of sp³-hybridized carbons (Fsp3) is 0.647. The Labute approximate surface area is 136 Å². The van der Waals surface area contributed by atoms with Crippen molar-refractivity contribution in [3.05, 3.63) is 22.2 Å². The molecule has 0 saturated heterocycles. The van der Waals surface area contributed by atoms with E-state index in [1.54, 1.807) is 0 Å². The Bertz CT molecular complexity index is 458. The number of hydrogen-bond acceptors (Lipinski definition) is 3. The van der Waals surface area contributed by atoms with Crippen molar-refractivity contribution in [1.82, 2.24) is 5.32 Å². The molecule has 0 atom stereocenters. The number of rotatable bonds is 9. The van der Waals surface area contributed by atoms with Crippen LogP contribution >= 0.6 is 15.9 Å². The van der Waals surface area contributed by atoms with Crippen molar-refractivity contribution < 1.29 is 9.47 Å². The Morgan fingerprint density at radius 2 is 2.05 bits per heavy atom. The van der Waals surface area contributed by atoms with Gasteiger partial charge < -0.3 is 14.8 Å². The van der Waals surface area contributed by atoms with E-state index in [0.717, 1.165) is 41.5 Å². The number of ether oxygens (including phenoxy) is 2. The monoisotopic (exact) mass is 355 g/mol. The summed E-state index contributed by atoms with van der Waals surface area (Å²) in [5, 5.41) is 3.43. The van der Waals surface area contributed by atoms with Gasteiger partial charge in [-0.3, -0.25) is 0 Å². The minimum Gasteiger partial charge on any atom is -0.490 e. The minimum absolute atomic E-state index is 0.466. The zero-order chi connectivity index (χ0) is 15.2. The summed E-state index contributed by atoms with van der Waals surface area (Å²) in [6, 6.07) is 4.66. The van der Waals surface area contributed by atoms with Gasteiger partial charge in [-0.1, -0.05) is 26.7 Å². The molecule has 118 valence electrons. The summed E-state index contributed by atoms with van der Waals surface area (Å²) in [5.41, 5.74) is 1.20. The summed E-state index contributed by atoms with van der Waals surface area (Å²) >= 11 is 3.63. The first-order valence-corrected chi connectivity index (χ1v) is 8.70. The lowest BCUT2D eigenvalue weighted by Crippen LogP contribution is -2.21. The van der Waals surface area contributed by atoms with E-state index in [4.69, 9.17) is 9.47 Å². The average molecular weight is 356 g/mol. The van der Waals surface area contributed by atoms with Gasteiger partial charge in [0, 0.05) is 12.6 Å². The van der Waals surface area contributed by atoms with E-state index in [-0.39, 0.29) is 0 Å². The van der Waals surface area contributed by atoms with E-state index in [1.165, 1.54) is 18.4 Å². The molecule has 0 aliphatic heterocycles. The summed E-state index contributed by atoms with van der Waals surface area (Å²) in [6.07, 6.45) is 3.87. The van der Waals surface area contributed by atoms with E-state index < -0.39 is 0 Å². The van der Waals surface area contributed by atoms with Gasteiger partial charge in [0.1, 0.15) is 0 Å². The molecule has 4 heteroatoms. The number of benzene rings is 1. The van der Waals surface area contributed by atoms with Crippen molar-refractivity contribution >= 4 is 15.9 Å². The molecule has 0 amide bonds. The van der Waals surface area contributed by atoms with Crippen molar-refractivity contribution in [1.29, 1.82) is 0 Å². The third kappa shape index (κ3) is 5.51. The van der Waals surface area contributed by atoms with E-state index in [2.05, 4.69) is 47.2 Å². The molecular weight excluding hydrogens is 330 g/mol. The second kappa shape index (κ2) is 8.04. The van der Waals surface area contributed by atoms with Crippen LogP contribution in [0, 0.1) is 5.92 Å². The molecule has 0 spiro atoms. The van der Waals surface area contributed by atoms with Gasteiger partial charge in [0.05, 0.1) is 17.7 Å². The van der Waals surface area contributed by atoms with Gasteiger partial charge in [0.2, 0.25) is 0 Å². The molecule has 1 aliphatic rings. The smallest absolute Gasteiger partial charge is 0.175 e. The first-order chi connectivity index (χ1) is 10.1. The second-order valence-electron chi connectivity index (χ2n) is 5.95. The van der Waals surface area contributed by atoms with Crippen molar-refractivity contribution in [2.24, 2.45) is 5.92 Å². The van der Waals surface area contributed by atoms with Crippen molar-refractivity contribution in [2.45, 2.75) is 52.6 Å². The summed E-state index contributed by atoms with van der Waals surface area (Å²) in [4.78, 5) is 0. The lowest BCUT2D eigenvalue weighted by molar-refractivity contribution is 0.267. The fourth-order valence-electron chi connectivity index (χ4n) is 2.18. The predicted octanol–water partition coefficient (Wildman–Crippen LogP) is 4.52. The van der Waals surface area contributed by atoms with Gasteiger partial charge in [-0.15, -0.1) is 0 Å². The van der Waals surface area contributed by atoms with E-state index in [1.807, 2.05) is 6.92 Å². The second-order valence-corrected chi connectivity index (χ2v) is 6.81. The van der Waals surface area contributed by atoms with Crippen molar-refractivity contribution in [3.63, 3.8) is 0 Å². The first kappa shape index (κ1) is 16.6. The largest absolute Gasteiger partial charge is 0.490 e. The Kier molecular flexibility index (Phi) is 6.37. The summed E-state index contributed by atoms with van der Waals surface area (Å²) < 4.78 is 12.7. The Balaban J connectivity index is 2.05. The number of hydrogen-bond donors (Lipinski definition) is 1. The van der Waals surface area contributed by atoms with Gasteiger partial charge in [0.25, 0.3) is 0 Å². The van der Waals surface area contributed by atoms with E-state index >= 15 is 0 Å². The molecule has 3 nitrogen and oxygen atoms in total. The van der Waals surface area contributed by atoms with Crippen molar-refractivity contribution in [2.75, 3.05) is 13.2 Å². The highest BCUT2D eigenvalue weighted by molar-refractivity contribution is 9.10. The van der Waals surface area contributed by atoms with Crippen LogP contribution in [0.15, 0.2) is 16.6 Å².